The molecule has 3 rings (SSSR count). The van der Waals surface area contributed by atoms with Crippen LogP contribution in [0.25, 0.3) is 0 Å². The second-order valence-electron chi connectivity index (χ2n) is 6.28. The van der Waals surface area contributed by atoms with Crippen LogP contribution in [0.2, 0.25) is 0 Å². The van der Waals surface area contributed by atoms with Crippen molar-refractivity contribution in [2.45, 2.75) is 32.1 Å². The van der Waals surface area contributed by atoms with Crippen molar-refractivity contribution in [1.82, 2.24) is 19.8 Å². The average Bonchev–Trinajstić information content (AvgIpc) is 3.13. The second kappa shape index (κ2) is 7.36. The summed E-state index contributed by atoms with van der Waals surface area (Å²) in [7, 11) is 1.79. The van der Waals surface area contributed by atoms with Crippen molar-refractivity contribution in [3.05, 3.63) is 46.2 Å². The molecule has 0 aliphatic carbocycles. The molecule has 1 amide bonds. The van der Waals surface area contributed by atoms with Gasteiger partial charge in [0.2, 0.25) is 0 Å². The minimum Gasteiger partial charge on any atom is -0.339 e. The standard InChI is InChI=1S/C17H21FN4OS/c1-12-3-4-24-16(12)17(23)21(2)10-15-5-14(18)9-22(15)8-13-6-19-11-20-7-13/h3-4,6-7,11,14-15H,5,8-10H2,1-2H3/t14-,15-/m0/s1. The first-order chi connectivity index (χ1) is 11.5. The number of hydrogen-bond acceptors (Lipinski definition) is 5. The van der Waals surface area contributed by atoms with Gasteiger partial charge >= 0.3 is 0 Å². The molecule has 2 atom stereocenters. The lowest BCUT2D eigenvalue weighted by Gasteiger charge is -2.28. The summed E-state index contributed by atoms with van der Waals surface area (Å²) in [5.41, 5.74) is 1.95. The summed E-state index contributed by atoms with van der Waals surface area (Å²) >= 11 is 1.45. The Hall–Kier alpha value is -1.86. The number of carbonyl (C=O) groups is 1. The van der Waals surface area contributed by atoms with Crippen LogP contribution in [0.15, 0.2) is 30.2 Å². The zero-order valence-electron chi connectivity index (χ0n) is 13.9. The van der Waals surface area contributed by atoms with Gasteiger partial charge in [-0.1, -0.05) is 0 Å². The summed E-state index contributed by atoms with van der Waals surface area (Å²) in [6, 6.07) is 1.95. The fourth-order valence-electron chi connectivity index (χ4n) is 3.12. The highest BCUT2D eigenvalue weighted by molar-refractivity contribution is 7.12. The molecule has 3 heterocycles. The van der Waals surface area contributed by atoms with E-state index in [0.717, 1.165) is 16.0 Å². The molecule has 128 valence electrons. The maximum Gasteiger partial charge on any atom is 0.263 e. The minimum absolute atomic E-state index is 0.00722. The van der Waals surface area contributed by atoms with Gasteiger partial charge in [-0.3, -0.25) is 9.69 Å². The Morgan fingerprint density at radius 2 is 2.21 bits per heavy atom. The van der Waals surface area contributed by atoms with Gasteiger partial charge in [0.15, 0.2) is 0 Å². The summed E-state index contributed by atoms with van der Waals surface area (Å²) in [4.78, 5) is 25.1. The van der Waals surface area contributed by atoms with E-state index in [4.69, 9.17) is 0 Å². The van der Waals surface area contributed by atoms with E-state index in [2.05, 4.69) is 14.9 Å². The highest BCUT2D eigenvalue weighted by Gasteiger charge is 2.33. The number of alkyl halides is 1. The molecule has 2 aromatic heterocycles. The van der Waals surface area contributed by atoms with Crippen LogP contribution in [0.1, 0.15) is 27.2 Å². The van der Waals surface area contributed by atoms with E-state index in [1.54, 1.807) is 24.3 Å². The first kappa shape index (κ1) is 17.0. The van der Waals surface area contributed by atoms with Crippen molar-refractivity contribution in [3.8, 4) is 0 Å². The topological polar surface area (TPSA) is 49.3 Å². The van der Waals surface area contributed by atoms with Crippen molar-refractivity contribution >= 4 is 17.2 Å². The van der Waals surface area contributed by atoms with Crippen molar-refractivity contribution in [3.63, 3.8) is 0 Å². The van der Waals surface area contributed by atoms with Gasteiger partial charge in [-0.25, -0.2) is 14.4 Å². The number of hydrogen-bond donors (Lipinski definition) is 0. The third-order valence-electron chi connectivity index (χ3n) is 4.36. The number of likely N-dealkylation sites (N-methyl/N-ethyl adjacent to an activating group) is 1. The van der Waals surface area contributed by atoms with Gasteiger partial charge in [0.25, 0.3) is 5.91 Å². The smallest absolute Gasteiger partial charge is 0.263 e. The van der Waals surface area contributed by atoms with Crippen LogP contribution in [0.5, 0.6) is 0 Å². The lowest BCUT2D eigenvalue weighted by atomic mass is 10.1. The van der Waals surface area contributed by atoms with Gasteiger partial charge < -0.3 is 4.90 Å². The maximum absolute atomic E-state index is 13.9. The van der Waals surface area contributed by atoms with Crippen LogP contribution >= 0.6 is 11.3 Å². The van der Waals surface area contributed by atoms with E-state index < -0.39 is 6.17 Å². The fraction of sp³-hybridized carbons (Fsp3) is 0.471. The largest absolute Gasteiger partial charge is 0.339 e. The third-order valence-corrected chi connectivity index (χ3v) is 5.37. The lowest BCUT2D eigenvalue weighted by Crippen LogP contribution is -2.40. The van der Waals surface area contributed by atoms with Crippen molar-refractivity contribution in [2.24, 2.45) is 0 Å². The number of aryl methyl sites for hydroxylation is 1. The number of carbonyl (C=O) groups excluding carboxylic acids is 1. The number of nitrogens with zero attached hydrogens (tertiary/aromatic N) is 4. The lowest BCUT2D eigenvalue weighted by molar-refractivity contribution is 0.0753. The Kier molecular flexibility index (Phi) is 5.20. The van der Waals surface area contributed by atoms with E-state index in [1.165, 1.54) is 17.7 Å². The molecule has 24 heavy (non-hydrogen) atoms. The highest BCUT2D eigenvalue weighted by Crippen LogP contribution is 2.24. The molecule has 1 aliphatic rings. The molecule has 1 saturated heterocycles. The molecule has 0 bridgehead atoms. The van der Waals surface area contributed by atoms with Crippen LogP contribution in [0.3, 0.4) is 0 Å². The number of aromatic nitrogens is 2. The summed E-state index contributed by atoms with van der Waals surface area (Å²) in [5, 5.41) is 1.92. The fourth-order valence-corrected chi connectivity index (χ4v) is 4.04. The average molecular weight is 348 g/mol. The number of rotatable bonds is 5. The molecule has 1 fully saturated rings. The molecule has 5 nitrogen and oxygen atoms in total. The number of amides is 1. The van der Waals surface area contributed by atoms with Crippen LogP contribution in [-0.4, -0.2) is 58.0 Å². The van der Waals surface area contributed by atoms with Crippen LogP contribution < -0.4 is 0 Å². The van der Waals surface area contributed by atoms with Crippen molar-refractivity contribution < 1.29 is 9.18 Å². The molecule has 2 aromatic rings. The Balaban J connectivity index is 1.66. The Morgan fingerprint density at radius 3 is 2.88 bits per heavy atom. The van der Waals surface area contributed by atoms with Crippen LogP contribution in [-0.2, 0) is 6.54 Å². The summed E-state index contributed by atoms with van der Waals surface area (Å²) in [6.45, 7) is 3.45. The predicted molar refractivity (Wildman–Crippen MR) is 91.8 cm³/mol. The Labute approximate surface area is 145 Å². The van der Waals surface area contributed by atoms with E-state index in [-0.39, 0.29) is 11.9 Å². The zero-order valence-corrected chi connectivity index (χ0v) is 14.7. The van der Waals surface area contributed by atoms with Gasteiger partial charge in [0.05, 0.1) is 4.88 Å². The molecule has 0 radical (unpaired) electrons. The molecule has 0 spiro atoms. The molecule has 0 aromatic carbocycles. The predicted octanol–water partition coefficient (Wildman–Crippen LogP) is 2.53. The van der Waals surface area contributed by atoms with Gasteiger partial charge in [-0.15, -0.1) is 11.3 Å². The molecule has 0 N–H and O–H groups in total. The summed E-state index contributed by atoms with van der Waals surface area (Å²) < 4.78 is 13.9. The monoisotopic (exact) mass is 348 g/mol. The first-order valence-electron chi connectivity index (χ1n) is 7.96. The zero-order chi connectivity index (χ0) is 17.1. The molecule has 0 unspecified atom stereocenters. The minimum atomic E-state index is -0.855. The first-order valence-corrected chi connectivity index (χ1v) is 8.84. The SMILES string of the molecule is Cc1ccsc1C(=O)N(C)C[C@@H]1C[C@H](F)CN1Cc1cncnc1. The van der Waals surface area contributed by atoms with E-state index in [1.807, 2.05) is 18.4 Å². The highest BCUT2D eigenvalue weighted by atomic mass is 32.1. The van der Waals surface area contributed by atoms with Crippen molar-refractivity contribution in [2.75, 3.05) is 20.1 Å². The molecular weight excluding hydrogens is 327 g/mol. The van der Waals surface area contributed by atoms with E-state index >= 15 is 0 Å². The second-order valence-corrected chi connectivity index (χ2v) is 7.20. The Morgan fingerprint density at radius 1 is 1.46 bits per heavy atom. The van der Waals surface area contributed by atoms with Gasteiger partial charge in [0.1, 0.15) is 12.5 Å². The number of thiophene rings is 1. The quantitative estimate of drug-likeness (QED) is 0.833. The normalized spacial score (nSPS) is 21.1. The van der Waals surface area contributed by atoms with Gasteiger partial charge in [0, 0.05) is 50.7 Å². The molecule has 0 saturated carbocycles. The number of halogens is 1. The van der Waals surface area contributed by atoms with E-state index in [0.29, 0.717) is 26.1 Å². The van der Waals surface area contributed by atoms with Crippen LogP contribution in [0, 0.1) is 6.92 Å². The summed E-state index contributed by atoms with van der Waals surface area (Å²) in [5.74, 6) is 0.00722. The Bertz CT molecular complexity index is 693. The van der Waals surface area contributed by atoms with Gasteiger partial charge in [-0.2, -0.15) is 0 Å². The molecule has 7 heteroatoms. The van der Waals surface area contributed by atoms with E-state index in [9.17, 15) is 9.18 Å². The molecule has 1 aliphatic heterocycles. The molecular formula is C17H21FN4OS. The summed E-state index contributed by atoms with van der Waals surface area (Å²) in [6.07, 6.45) is 4.58. The van der Waals surface area contributed by atoms with Gasteiger partial charge in [-0.05, 0) is 30.4 Å². The number of likely N-dealkylation sites (tertiary alicyclic amines) is 1. The third kappa shape index (κ3) is 3.79. The van der Waals surface area contributed by atoms with Crippen LogP contribution in [0.4, 0.5) is 4.39 Å². The maximum atomic E-state index is 13.9. The van der Waals surface area contributed by atoms with Crippen molar-refractivity contribution in [1.29, 1.82) is 0 Å².